The van der Waals surface area contributed by atoms with Gasteiger partial charge in [-0.2, -0.15) is 0 Å². The van der Waals surface area contributed by atoms with Gasteiger partial charge in [-0.05, 0) is 42.9 Å². The van der Waals surface area contributed by atoms with Crippen molar-refractivity contribution in [1.29, 1.82) is 0 Å². The summed E-state index contributed by atoms with van der Waals surface area (Å²) in [6.07, 6.45) is 4.09. The summed E-state index contributed by atoms with van der Waals surface area (Å²) < 4.78 is 0. The summed E-state index contributed by atoms with van der Waals surface area (Å²) >= 11 is 0. The van der Waals surface area contributed by atoms with Gasteiger partial charge in [0, 0.05) is 5.69 Å². The Balaban J connectivity index is 2.06. The second kappa shape index (κ2) is 2.57. The molecule has 0 spiro atoms. The third-order valence-electron chi connectivity index (χ3n) is 2.20. The summed E-state index contributed by atoms with van der Waals surface area (Å²) in [5, 5.41) is 0. The molecule has 0 aliphatic heterocycles. The molecule has 0 radical (unpaired) electrons. The number of anilines is 1. The number of hydrogen-bond acceptors (Lipinski definition) is 1. The fraction of sp³-hybridized carbons (Fsp3) is 0.400. The van der Waals surface area contributed by atoms with Crippen LogP contribution in [0, 0.1) is 5.92 Å². The molecule has 1 aliphatic carbocycles. The standard InChI is InChI=1S/C10H13N/c11-10-5-3-9(4-6-10)7-8-1-2-8/h3-6,8H,1-2,7,11H2. The lowest BCUT2D eigenvalue weighted by Crippen LogP contribution is -1.88. The molecule has 1 saturated carbocycles. The molecule has 0 atom stereocenters. The van der Waals surface area contributed by atoms with E-state index < -0.39 is 0 Å². The highest BCUT2D eigenvalue weighted by molar-refractivity contribution is 5.39. The van der Waals surface area contributed by atoms with E-state index in [0.29, 0.717) is 0 Å². The summed E-state index contributed by atoms with van der Waals surface area (Å²) in [5.74, 6) is 0.971. The highest BCUT2D eigenvalue weighted by Gasteiger charge is 2.20. The Hall–Kier alpha value is -0.980. The van der Waals surface area contributed by atoms with Gasteiger partial charge in [0.15, 0.2) is 0 Å². The van der Waals surface area contributed by atoms with Gasteiger partial charge in [-0.1, -0.05) is 12.1 Å². The summed E-state index contributed by atoms with van der Waals surface area (Å²) in [7, 11) is 0. The SMILES string of the molecule is Nc1ccc(CC2CC2)cc1. The highest BCUT2D eigenvalue weighted by Crippen LogP contribution is 2.32. The molecule has 1 nitrogen and oxygen atoms in total. The topological polar surface area (TPSA) is 26.0 Å². The van der Waals surface area contributed by atoms with E-state index in [-0.39, 0.29) is 0 Å². The van der Waals surface area contributed by atoms with Gasteiger partial charge >= 0.3 is 0 Å². The Bertz CT molecular complexity index is 234. The van der Waals surface area contributed by atoms with Gasteiger partial charge in [0.2, 0.25) is 0 Å². The van der Waals surface area contributed by atoms with E-state index >= 15 is 0 Å². The molecule has 0 unspecified atom stereocenters. The Morgan fingerprint density at radius 3 is 2.36 bits per heavy atom. The van der Waals surface area contributed by atoms with Crippen LogP contribution in [0.3, 0.4) is 0 Å². The van der Waals surface area contributed by atoms with Crippen LogP contribution in [0.25, 0.3) is 0 Å². The molecule has 11 heavy (non-hydrogen) atoms. The molecule has 0 heterocycles. The maximum atomic E-state index is 5.57. The molecule has 1 heteroatoms. The third-order valence-corrected chi connectivity index (χ3v) is 2.20. The predicted octanol–water partition coefficient (Wildman–Crippen LogP) is 2.22. The Kier molecular flexibility index (Phi) is 1.57. The third kappa shape index (κ3) is 1.73. The Labute approximate surface area is 67.2 Å². The first-order chi connectivity index (χ1) is 5.34. The van der Waals surface area contributed by atoms with Crippen LogP contribution in [0.4, 0.5) is 5.69 Å². The molecule has 1 aromatic rings. The number of nitrogens with two attached hydrogens (primary N) is 1. The van der Waals surface area contributed by atoms with Crippen LogP contribution in [0.15, 0.2) is 24.3 Å². The molecule has 1 fully saturated rings. The first-order valence-electron chi connectivity index (χ1n) is 4.19. The molecule has 58 valence electrons. The van der Waals surface area contributed by atoms with E-state index in [0.717, 1.165) is 11.6 Å². The number of rotatable bonds is 2. The van der Waals surface area contributed by atoms with E-state index in [1.807, 2.05) is 12.1 Å². The van der Waals surface area contributed by atoms with Crippen molar-refractivity contribution < 1.29 is 0 Å². The van der Waals surface area contributed by atoms with Crippen LogP contribution < -0.4 is 5.73 Å². The van der Waals surface area contributed by atoms with E-state index in [1.165, 1.54) is 24.8 Å². The molecule has 2 N–H and O–H groups in total. The Morgan fingerprint density at radius 1 is 1.18 bits per heavy atom. The van der Waals surface area contributed by atoms with E-state index in [9.17, 15) is 0 Å². The van der Waals surface area contributed by atoms with Crippen LogP contribution >= 0.6 is 0 Å². The Morgan fingerprint density at radius 2 is 1.82 bits per heavy atom. The van der Waals surface area contributed by atoms with Crippen molar-refractivity contribution in [3.8, 4) is 0 Å². The lowest BCUT2D eigenvalue weighted by molar-refractivity contribution is 0.833. The molecule has 0 bridgehead atoms. The van der Waals surface area contributed by atoms with Crippen molar-refractivity contribution in [2.45, 2.75) is 19.3 Å². The normalized spacial score (nSPS) is 16.7. The van der Waals surface area contributed by atoms with E-state index in [4.69, 9.17) is 5.73 Å². The van der Waals surface area contributed by atoms with E-state index in [1.54, 1.807) is 0 Å². The average molecular weight is 147 g/mol. The monoisotopic (exact) mass is 147 g/mol. The van der Waals surface area contributed by atoms with Crippen LogP contribution in [-0.2, 0) is 6.42 Å². The maximum Gasteiger partial charge on any atom is 0.0314 e. The van der Waals surface area contributed by atoms with Gasteiger partial charge in [-0.25, -0.2) is 0 Å². The van der Waals surface area contributed by atoms with Crippen molar-refractivity contribution in [1.82, 2.24) is 0 Å². The summed E-state index contributed by atoms with van der Waals surface area (Å²) in [4.78, 5) is 0. The molecule has 0 aromatic heterocycles. The average Bonchev–Trinajstić information content (AvgIpc) is 2.78. The lowest BCUT2D eigenvalue weighted by Gasteiger charge is -1.98. The van der Waals surface area contributed by atoms with Crippen LogP contribution in [0.5, 0.6) is 0 Å². The van der Waals surface area contributed by atoms with E-state index in [2.05, 4.69) is 12.1 Å². The minimum Gasteiger partial charge on any atom is -0.399 e. The van der Waals surface area contributed by atoms with Crippen LogP contribution in [0.2, 0.25) is 0 Å². The van der Waals surface area contributed by atoms with Crippen LogP contribution in [-0.4, -0.2) is 0 Å². The molecule has 0 amide bonds. The van der Waals surface area contributed by atoms with Crippen molar-refractivity contribution in [2.75, 3.05) is 5.73 Å². The summed E-state index contributed by atoms with van der Waals surface area (Å²) in [6.45, 7) is 0. The van der Waals surface area contributed by atoms with Gasteiger partial charge in [0.05, 0.1) is 0 Å². The molecular weight excluding hydrogens is 134 g/mol. The molecule has 1 aliphatic rings. The molecule has 0 saturated heterocycles. The molecular formula is C10H13N. The van der Waals surface area contributed by atoms with Crippen molar-refractivity contribution >= 4 is 5.69 Å². The zero-order valence-corrected chi connectivity index (χ0v) is 6.59. The van der Waals surface area contributed by atoms with Gasteiger partial charge < -0.3 is 5.73 Å². The van der Waals surface area contributed by atoms with Crippen molar-refractivity contribution in [2.24, 2.45) is 5.92 Å². The van der Waals surface area contributed by atoms with Gasteiger partial charge in [0.1, 0.15) is 0 Å². The maximum absolute atomic E-state index is 5.57. The summed E-state index contributed by atoms with van der Waals surface area (Å²) in [5.41, 5.74) is 7.87. The number of benzene rings is 1. The zero-order valence-electron chi connectivity index (χ0n) is 6.59. The largest absolute Gasteiger partial charge is 0.399 e. The lowest BCUT2D eigenvalue weighted by atomic mass is 10.1. The van der Waals surface area contributed by atoms with Gasteiger partial charge in [-0.3, -0.25) is 0 Å². The second-order valence-electron chi connectivity index (χ2n) is 3.39. The van der Waals surface area contributed by atoms with Gasteiger partial charge in [-0.15, -0.1) is 0 Å². The highest BCUT2D eigenvalue weighted by atomic mass is 14.5. The zero-order chi connectivity index (χ0) is 7.68. The van der Waals surface area contributed by atoms with Crippen LogP contribution in [0.1, 0.15) is 18.4 Å². The molecule has 1 aromatic carbocycles. The fourth-order valence-electron chi connectivity index (χ4n) is 1.31. The minimum atomic E-state index is 0.865. The minimum absolute atomic E-state index is 0.865. The van der Waals surface area contributed by atoms with Gasteiger partial charge in [0.25, 0.3) is 0 Å². The molecule has 2 rings (SSSR count). The first-order valence-corrected chi connectivity index (χ1v) is 4.19. The van der Waals surface area contributed by atoms with Crippen molar-refractivity contribution in [3.63, 3.8) is 0 Å². The quantitative estimate of drug-likeness (QED) is 0.638. The second-order valence-corrected chi connectivity index (χ2v) is 3.39. The number of nitrogen functional groups attached to an aromatic ring is 1. The predicted molar refractivity (Wildman–Crippen MR) is 47.3 cm³/mol. The smallest absolute Gasteiger partial charge is 0.0314 e. The fourth-order valence-corrected chi connectivity index (χ4v) is 1.31. The van der Waals surface area contributed by atoms with Crippen molar-refractivity contribution in [3.05, 3.63) is 29.8 Å². The number of hydrogen-bond donors (Lipinski definition) is 1. The summed E-state index contributed by atoms with van der Waals surface area (Å²) in [6, 6.07) is 8.23. The first kappa shape index (κ1) is 6.71.